The Morgan fingerprint density at radius 1 is 0.524 bits per heavy atom. The normalized spacial score (nSPS) is 27.9. The molecule has 0 unspecified atom stereocenters. The maximum Gasteiger partial charge on any atom is 0.134 e. The van der Waals surface area contributed by atoms with Crippen molar-refractivity contribution in [2.75, 3.05) is 7.05 Å². The van der Waals surface area contributed by atoms with Crippen LogP contribution in [0.5, 0.6) is 0 Å². The van der Waals surface area contributed by atoms with E-state index in [-0.39, 0.29) is 0 Å². The SMILES string of the molecule is CN[Si](C1CCCCC1)(C1CCCCC1)C1CCCCC1. The number of rotatable bonds is 4. The maximum atomic E-state index is 4.16. The highest BCUT2D eigenvalue weighted by atomic mass is 28.3. The molecule has 0 bridgehead atoms. The van der Waals surface area contributed by atoms with E-state index < -0.39 is 8.24 Å². The summed E-state index contributed by atoms with van der Waals surface area (Å²) >= 11 is 0. The zero-order valence-electron chi connectivity index (χ0n) is 14.3. The standard InChI is InChI=1S/C19H37NSi/c1-20-21(17-11-5-2-6-12-17,18-13-7-3-8-14-18)19-15-9-4-10-16-19/h17-20H,2-16H2,1H3. The van der Waals surface area contributed by atoms with E-state index in [9.17, 15) is 0 Å². The van der Waals surface area contributed by atoms with Crippen molar-refractivity contribution in [3.63, 3.8) is 0 Å². The van der Waals surface area contributed by atoms with Crippen LogP contribution < -0.4 is 4.98 Å². The second-order valence-corrected chi connectivity index (χ2v) is 13.0. The first-order valence-corrected chi connectivity index (χ1v) is 12.3. The van der Waals surface area contributed by atoms with Crippen LogP contribution in [0.3, 0.4) is 0 Å². The summed E-state index contributed by atoms with van der Waals surface area (Å²) in [6.45, 7) is 0. The Bertz CT molecular complexity index is 253. The van der Waals surface area contributed by atoms with Crippen LogP contribution in [0.15, 0.2) is 0 Å². The van der Waals surface area contributed by atoms with Crippen LogP contribution in [-0.2, 0) is 0 Å². The number of nitrogens with one attached hydrogen (secondary N) is 1. The second kappa shape index (κ2) is 7.63. The van der Waals surface area contributed by atoms with Crippen LogP contribution >= 0.6 is 0 Å². The van der Waals surface area contributed by atoms with Crippen LogP contribution in [0, 0.1) is 0 Å². The highest BCUT2D eigenvalue weighted by Gasteiger charge is 2.51. The molecule has 122 valence electrons. The van der Waals surface area contributed by atoms with Crippen molar-refractivity contribution in [3.8, 4) is 0 Å². The number of hydrogen-bond acceptors (Lipinski definition) is 1. The summed E-state index contributed by atoms with van der Waals surface area (Å²) in [6.07, 6.45) is 23.1. The fourth-order valence-corrected chi connectivity index (χ4v) is 13.7. The predicted molar refractivity (Wildman–Crippen MR) is 95.3 cm³/mol. The molecule has 0 aromatic carbocycles. The smallest absolute Gasteiger partial charge is 0.134 e. The van der Waals surface area contributed by atoms with E-state index in [0.29, 0.717) is 0 Å². The Kier molecular flexibility index (Phi) is 5.83. The van der Waals surface area contributed by atoms with Gasteiger partial charge in [0.15, 0.2) is 0 Å². The van der Waals surface area contributed by atoms with E-state index >= 15 is 0 Å². The third-order valence-corrected chi connectivity index (χ3v) is 13.9. The Balaban J connectivity index is 1.85. The van der Waals surface area contributed by atoms with Crippen molar-refractivity contribution >= 4 is 8.24 Å². The van der Waals surface area contributed by atoms with Gasteiger partial charge in [0.2, 0.25) is 0 Å². The van der Waals surface area contributed by atoms with Gasteiger partial charge in [-0.15, -0.1) is 0 Å². The third kappa shape index (κ3) is 3.27. The van der Waals surface area contributed by atoms with E-state index in [4.69, 9.17) is 0 Å². The average Bonchev–Trinajstić information content (AvgIpc) is 2.59. The van der Waals surface area contributed by atoms with Crippen molar-refractivity contribution in [3.05, 3.63) is 0 Å². The van der Waals surface area contributed by atoms with Gasteiger partial charge < -0.3 is 4.98 Å². The van der Waals surface area contributed by atoms with Gasteiger partial charge in [-0.3, -0.25) is 0 Å². The number of hydrogen-bond donors (Lipinski definition) is 1. The molecule has 1 N–H and O–H groups in total. The molecule has 0 aliphatic heterocycles. The molecule has 0 aromatic rings. The highest BCUT2D eigenvalue weighted by molar-refractivity contribution is 6.81. The molecule has 3 rings (SSSR count). The van der Waals surface area contributed by atoms with Crippen LogP contribution in [0.25, 0.3) is 0 Å². The van der Waals surface area contributed by atoms with E-state index in [1.807, 2.05) is 0 Å². The summed E-state index contributed by atoms with van der Waals surface area (Å²) in [4.78, 5) is 4.16. The highest BCUT2D eigenvalue weighted by Crippen LogP contribution is 2.55. The molecule has 3 saturated carbocycles. The summed E-state index contributed by atoms with van der Waals surface area (Å²) in [5, 5.41) is 0. The molecule has 2 heteroatoms. The molecule has 0 spiro atoms. The van der Waals surface area contributed by atoms with Gasteiger partial charge in [-0.2, -0.15) is 0 Å². The lowest BCUT2D eigenvalue weighted by Crippen LogP contribution is -2.61. The lowest BCUT2D eigenvalue weighted by atomic mass is 9.98. The Morgan fingerprint density at radius 3 is 1.05 bits per heavy atom. The largest absolute Gasteiger partial charge is 0.339 e. The van der Waals surface area contributed by atoms with Crippen LogP contribution in [0.2, 0.25) is 16.6 Å². The van der Waals surface area contributed by atoms with Crippen LogP contribution in [-0.4, -0.2) is 15.3 Å². The minimum Gasteiger partial charge on any atom is -0.339 e. The Morgan fingerprint density at radius 2 is 0.810 bits per heavy atom. The molecule has 0 amide bonds. The molecule has 0 heterocycles. The van der Waals surface area contributed by atoms with Gasteiger partial charge in [-0.05, 0) is 23.7 Å². The first-order chi connectivity index (χ1) is 10.4. The van der Waals surface area contributed by atoms with Crippen molar-refractivity contribution in [2.45, 2.75) is 113 Å². The van der Waals surface area contributed by atoms with Gasteiger partial charge in [-0.25, -0.2) is 0 Å². The zero-order chi connectivity index (χ0) is 14.5. The first kappa shape index (κ1) is 16.0. The molecular weight excluding hydrogens is 270 g/mol. The van der Waals surface area contributed by atoms with Gasteiger partial charge in [-0.1, -0.05) is 96.3 Å². The van der Waals surface area contributed by atoms with E-state index in [1.165, 1.54) is 57.8 Å². The van der Waals surface area contributed by atoms with E-state index in [2.05, 4.69) is 12.0 Å². The maximum absolute atomic E-state index is 4.16. The predicted octanol–water partition coefficient (Wildman–Crippen LogP) is 6.15. The fraction of sp³-hybridized carbons (Fsp3) is 1.00. The molecule has 0 radical (unpaired) electrons. The first-order valence-electron chi connectivity index (χ1n) is 10.1. The molecule has 21 heavy (non-hydrogen) atoms. The third-order valence-electron chi connectivity index (χ3n) is 7.28. The lowest BCUT2D eigenvalue weighted by molar-refractivity contribution is 0.407. The van der Waals surface area contributed by atoms with E-state index in [1.54, 1.807) is 38.5 Å². The summed E-state index contributed by atoms with van der Waals surface area (Å²) in [7, 11) is 1.06. The Hall–Kier alpha value is 0.177. The fourth-order valence-electron chi connectivity index (χ4n) is 6.35. The molecule has 3 aliphatic rings. The molecule has 0 aromatic heterocycles. The quantitative estimate of drug-likeness (QED) is 0.614. The monoisotopic (exact) mass is 307 g/mol. The molecular formula is C19H37NSi. The lowest BCUT2D eigenvalue weighted by Gasteiger charge is -2.53. The summed E-state index contributed by atoms with van der Waals surface area (Å²) < 4.78 is 0. The second-order valence-electron chi connectivity index (χ2n) is 8.19. The topological polar surface area (TPSA) is 12.0 Å². The molecule has 3 aliphatic carbocycles. The summed E-state index contributed by atoms with van der Waals surface area (Å²) in [5.41, 5.74) is 3.34. The summed E-state index contributed by atoms with van der Waals surface area (Å²) in [6, 6.07) is 0. The van der Waals surface area contributed by atoms with Crippen molar-refractivity contribution in [1.82, 2.24) is 4.98 Å². The van der Waals surface area contributed by atoms with Gasteiger partial charge in [0, 0.05) is 0 Å². The molecule has 3 fully saturated rings. The average molecular weight is 308 g/mol. The van der Waals surface area contributed by atoms with Crippen molar-refractivity contribution in [2.24, 2.45) is 0 Å². The molecule has 1 nitrogen and oxygen atoms in total. The Labute approximate surface area is 133 Å². The minimum absolute atomic E-state index is 1.11. The minimum atomic E-state index is -1.32. The van der Waals surface area contributed by atoms with Gasteiger partial charge >= 0.3 is 0 Å². The van der Waals surface area contributed by atoms with E-state index in [0.717, 1.165) is 16.6 Å². The molecule has 0 saturated heterocycles. The molecule has 0 atom stereocenters. The zero-order valence-corrected chi connectivity index (χ0v) is 15.3. The van der Waals surface area contributed by atoms with Crippen molar-refractivity contribution < 1.29 is 0 Å². The van der Waals surface area contributed by atoms with Crippen molar-refractivity contribution in [1.29, 1.82) is 0 Å². The van der Waals surface area contributed by atoms with Gasteiger partial charge in [0.25, 0.3) is 0 Å². The van der Waals surface area contributed by atoms with Crippen LogP contribution in [0.4, 0.5) is 0 Å². The van der Waals surface area contributed by atoms with Crippen LogP contribution in [0.1, 0.15) is 96.3 Å². The van der Waals surface area contributed by atoms with Gasteiger partial charge in [0.1, 0.15) is 8.24 Å². The van der Waals surface area contributed by atoms with Gasteiger partial charge in [0.05, 0.1) is 0 Å². The summed E-state index contributed by atoms with van der Waals surface area (Å²) in [5.74, 6) is 0.